The van der Waals surface area contributed by atoms with Crippen LogP contribution in [-0.4, -0.2) is 25.5 Å². The quantitative estimate of drug-likeness (QED) is 0.687. The lowest BCUT2D eigenvalue weighted by molar-refractivity contribution is -0.120. The largest absolute Gasteiger partial charge is 0.398 e. The van der Waals surface area contributed by atoms with Gasteiger partial charge in [-0.25, -0.2) is 0 Å². The molecule has 2 rings (SSSR count). The van der Waals surface area contributed by atoms with Crippen LogP contribution in [0.1, 0.15) is 12.0 Å². The first-order chi connectivity index (χ1) is 8.20. The number of benzene rings is 1. The predicted molar refractivity (Wildman–Crippen MR) is 65.4 cm³/mol. The third kappa shape index (κ3) is 2.48. The topological polar surface area (TPSA) is 82.2 Å². The van der Waals surface area contributed by atoms with Crippen LogP contribution < -0.4 is 16.0 Å². The van der Waals surface area contributed by atoms with Gasteiger partial charge in [0.25, 0.3) is 0 Å². The molecule has 0 unspecified atom stereocenters. The molecule has 0 bridgehead atoms. The van der Waals surface area contributed by atoms with Gasteiger partial charge < -0.3 is 16.0 Å². The molecule has 1 aromatic carbocycles. The molecule has 0 radical (unpaired) electrons. The normalized spacial score (nSPS) is 15.9. The fourth-order valence-corrected chi connectivity index (χ4v) is 1.87. The lowest BCUT2D eigenvalue weighted by Gasteiger charge is -2.22. The first-order valence-corrected chi connectivity index (χ1v) is 5.52. The minimum absolute atomic E-state index is 0.0779. The van der Waals surface area contributed by atoms with Gasteiger partial charge in [-0.3, -0.25) is 4.79 Å². The van der Waals surface area contributed by atoms with E-state index >= 15 is 0 Å². The molecule has 0 aromatic heterocycles. The Morgan fingerprint density at radius 1 is 1.41 bits per heavy atom. The second kappa shape index (κ2) is 4.74. The van der Waals surface area contributed by atoms with Gasteiger partial charge in [0.15, 0.2) is 0 Å². The zero-order valence-electron chi connectivity index (χ0n) is 9.44. The van der Waals surface area contributed by atoms with Gasteiger partial charge in [0.1, 0.15) is 6.07 Å². The molecule has 5 nitrogen and oxygen atoms in total. The average molecular weight is 230 g/mol. The van der Waals surface area contributed by atoms with Crippen LogP contribution in [0.4, 0.5) is 11.4 Å². The number of nitrogen functional groups attached to an aromatic ring is 1. The highest BCUT2D eigenvalue weighted by Crippen LogP contribution is 2.21. The number of carbonyl (C=O) groups is 1. The van der Waals surface area contributed by atoms with E-state index in [1.165, 1.54) is 0 Å². The highest BCUT2D eigenvalue weighted by Gasteiger charge is 2.14. The molecule has 0 saturated carbocycles. The maximum atomic E-state index is 11.2. The number of nitriles is 1. The van der Waals surface area contributed by atoms with Crippen molar-refractivity contribution in [3.63, 3.8) is 0 Å². The van der Waals surface area contributed by atoms with Gasteiger partial charge in [0.2, 0.25) is 5.91 Å². The lowest BCUT2D eigenvalue weighted by atomic mass is 10.1. The number of carbonyl (C=O) groups excluding carboxylic acids is 1. The Morgan fingerprint density at radius 2 is 2.24 bits per heavy atom. The van der Waals surface area contributed by atoms with Crippen molar-refractivity contribution in [2.45, 2.75) is 6.42 Å². The van der Waals surface area contributed by atoms with E-state index in [-0.39, 0.29) is 5.91 Å². The second-order valence-corrected chi connectivity index (χ2v) is 3.97. The summed E-state index contributed by atoms with van der Waals surface area (Å²) in [6.45, 7) is 2.08. The van der Waals surface area contributed by atoms with E-state index in [9.17, 15) is 4.79 Å². The highest BCUT2D eigenvalue weighted by molar-refractivity contribution is 5.77. The monoisotopic (exact) mass is 230 g/mol. The number of anilines is 2. The Hall–Kier alpha value is -2.22. The molecule has 17 heavy (non-hydrogen) atoms. The molecule has 1 heterocycles. The number of nitrogens with one attached hydrogen (secondary N) is 1. The fraction of sp³-hybridized carbons (Fsp3) is 0.333. The third-order valence-corrected chi connectivity index (χ3v) is 2.83. The first-order valence-electron chi connectivity index (χ1n) is 5.52. The number of rotatable bonds is 1. The Labute approximate surface area is 99.8 Å². The van der Waals surface area contributed by atoms with Crippen LogP contribution in [0.25, 0.3) is 0 Å². The van der Waals surface area contributed by atoms with Crippen molar-refractivity contribution in [2.75, 3.05) is 30.3 Å². The van der Waals surface area contributed by atoms with Gasteiger partial charge >= 0.3 is 0 Å². The van der Waals surface area contributed by atoms with Crippen LogP contribution in [-0.2, 0) is 4.79 Å². The standard InChI is InChI=1S/C12H14N4O/c13-8-9-1-2-10(7-11(9)14)16-5-3-12(17)15-4-6-16/h1-2,7H,3-6,14H2,(H,15,17). The van der Waals surface area contributed by atoms with Crippen molar-refractivity contribution < 1.29 is 4.79 Å². The van der Waals surface area contributed by atoms with E-state index in [0.717, 1.165) is 12.2 Å². The summed E-state index contributed by atoms with van der Waals surface area (Å²) < 4.78 is 0. The summed E-state index contributed by atoms with van der Waals surface area (Å²) in [6.07, 6.45) is 0.486. The van der Waals surface area contributed by atoms with Crippen LogP contribution in [0.15, 0.2) is 18.2 Å². The van der Waals surface area contributed by atoms with Crippen molar-refractivity contribution in [1.29, 1.82) is 5.26 Å². The maximum Gasteiger partial charge on any atom is 0.221 e. The van der Waals surface area contributed by atoms with Crippen molar-refractivity contribution in [3.8, 4) is 6.07 Å². The molecule has 1 fully saturated rings. The number of nitrogens with zero attached hydrogens (tertiary/aromatic N) is 2. The van der Waals surface area contributed by atoms with Gasteiger partial charge in [0.05, 0.1) is 11.3 Å². The zero-order chi connectivity index (χ0) is 12.3. The smallest absolute Gasteiger partial charge is 0.221 e. The summed E-state index contributed by atoms with van der Waals surface area (Å²) in [7, 11) is 0. The van der Waals surface area contributed by atoms with Crippen LogP contribution in [0.5, 0.6) is 0 Å². The molecule has 1 aliphatic rings. The van der Waals surface area contributed by atoms with Crippen molar-refractivity contribution in [1.82, 2.24) is 5.32 Å². The van der Waals surface area contributed by atoms with E-state index in [1.807, 2.05) is 12.1 Å². The third-order valence-electron chi connectivity index (χ3n) is 2.83. The van der Waals surface area contributed by atoms with E-state index in [1.54, 1.807) is 12.1 Å². The SMILES string of the molecule is N#Cc1ccc(N2CCNC(=O)CC2)cc1N. The van der Waals surface area contributed by atoms with Gasteiger partial charge in [-0.15, -0.1) is 0 Å². The maximum absolute atomic E-state index is 11.2. The van der Waals surface area contributed by atoms with Crippen LogP contribution in [0, 0.1) is 11.3 Å². The zero-order valence-corrected chi connectivity index (χ0v) is 9.44. The summed E-state index contributed by atoms with van der Waals surface area (Å²) in [5.41, 5.74) is 7.69. The van der Waals surface area contributed by atoms with Crippen molar-refractivity contribution in [2.24, 2.45) is 0 Å². The van der Waals surface area contributed by atoms with E-state index in [2.05, 4.69) is 10.2 Å². The van der Waals surface area contributed by atoms with Gasteiger partial charge in [0, 0.05) is 31.7 Å². The molecular weight excluding hydrogens is 216 g/mol. The molecule has 88 valence electrons. The molecule has 1 saturated heterocycles. The minimum atomic E-state index is 0.0779. The summed E-state index contributed by atoms with van der Waals surface area (Å²) in [5.74, 6) is 0.0779. The first kappa shape index (κ1) is 11.3. The number of nitrogens with two attached hydrogens (primary N) is 1. The van der Waals surface area contributed by atoms with Crippen LogP contribution >= 0.6 is 0 Å². The van der Waals surface area contributed by atoms with Gasteiger partial charge in [-0.05, 0) is 18.2 Å². The number of amides is 1. The lowest BCUT2D eigenvalue weighted by Crippen LogP contribution is -2.28. The summed E-state index contributed by atoms with van der Waals surface area (Å²) in [5, 5.41) is 11.6. The van der Waals surface area contributed by atoms with Gasteiger partial charge in [-0.1, -0.05) is 0 Å². The molecule has 1 amide bonds. The summed E-state index contributed by atoms with van der Waals surface area (Å²) >= 11 is 0. The Morgan fingerprint density at radius 3 is 2.94 bits per heavy atom. The number of hydrogen-bond acceptors (Lipinski definition) is 4. The van der Waals surface area contributed by atoms with Crippen LogP contribution in [0.2, 0.25) is 0 Å². The van der Waals surface area contributed by atoms with E-state index < -0.39 is 0 Å². The molecule has 0 atom stereocenters. The predicted octanol–water partition coefficient (Wildman–Crippen LogP) is 0.467. The van der Waals surface area contributed by atoms with Gasteiger partial charge in [-0.2, -0.15) is 5.26 Å². The molecule has 3 N–H and O–H groups in total. The highest BCUT2D eigenvalue weighted by atomic mass is 16.1. The van der Waals surface area contributed by atoms with E-state index in [4.69, 9.17) is 11.0 Å². The minimum Gasteiger partial charge on any atom is -0.398 e. The molecule has 5 heteroatoms. The summed E-state index contributed by atoms with van der Waals surface area (Å²) in [4.78, 5) is 13.3. The van der Waals surface area contributed by atoms with E-state index in [0.29, 0.717) is 30.8 Å². The Balaban J connectivity index is 2.19. The molecule has 1 aromatic rings. The molecular formula is C12H14N4O. The summed E-state index contributed by atoms with van der Waals surface area (Å²) in [6, 6.07) is 7.40. The van der Waals surface area contributed by atoms with Crippen molar-refractivity contribution >= 4 is 17.3 Å². The van der Waals surface area contributed by atoms with Crippen molar-refractivity contribution in [3.05, 3.63) is 23.8 Å². The fourth-order valence-electron chi connectivity index (χ4n) is 1.87. The van der Waals surface area contributed by atoms with Crippen LogP contribution in [0.3, 0.4) is 0 Å². The average Bonchev–Trinajstić information content (AvgIpc) is 2.54. The number of hydrogen-bond donors (Lipinski definition) is 2. The molecule has 0 aliphatic carbocycles. The molecule has 1 aliphatic heterocycles. The molecule has 0 spiro atoms. The Bertz CT molecular complexity index is 478. The second-order valence-electron chi connectivity index (χ2n) is 3.97. The Kier molecular flexibility index (Phi) is 3.15.